The zero-order valence-corrected chi connectivity index (χ0v) is 9.29. The molecule has 0 aromatic rings. The third-order valence-corrected chi connectivity index (χ3v) is 3.13. The van der Waals surface area contributed by atoms with Crippen LogP contribution in [-0.4, -0.2) is 31.1 Å². The van der Waals surface area contributed by atoms with Gasteiger partial charge in [0.1, 0.15) is 5.70 Å². The summed E-state index contributed by atoms with van der Waals surface area (Å²) in [6.07, 6.45) is 5.56. The Hall–Kier alpha value is -1.52. The van der Waals surface area contributed by atoms with Crippen LogP contribution < -0.4 is 10.6 Å². The molecule has 2 aliphatic rings. The molecular weight excluding hydrogens is 208 g/mol. The van der Waals surface area contributed by atoms with Crippen LogP contribution in [0.15, 0.2) is 11.8 Å². The van der Waals surface area contributed by atoms with Gasteiger partial charge in [-0.25, -0.2) is 4.79 Å². The van der Waals surface area contributed by atoms with Crippen LogP contribution in [0.25, 0.3) is 0 Å². The molecule has 2 atom stereocenters. The second-order valence-electron chi connectivity index (χ2n) is 4.20. The maximum Gasteiger partial charge on any atom is 0.332 e. The van der Waals surface area contributed by atoms with Gasteiger partial charge in [0.2, 0.25) is 0 Å². The van der Waals surface area contributed by atoms with Crippen molar-refractivity contribution in [3.8, 4) is 0 Å². The lowest BCUT2D eigenvalue weighted by Gasteiger charge is -2.38. The van der Waals surface area contributed by atoms with E-state index in [1.165, 1.54) is 13.2 Å². The fraction of sp³-hybridized carbons (Fsp3) is 0.636. The molecule has 0 aromatic carbocycles. The van der Waals surface area contributed by atoms with Gasteiger partial charge in [0, 0.05) is 12.1 Å². The van der Waals surface area contributed by atoms with Gasteiger partial charge in [-0.3, -0.25) is 4.79 Å². The molecule has 1 amide bonds. The predicted octanol–water partition coefficient (Wildman–Crippen LogP) is 0.0739. The van der Waals surface area contributed by atoms with Crippen LogP contribution in [-0.2, 0) is 14.3 Å². The Balaban J connectivity index is 2.08. The molecule has 16 heavy (non-hydrogen) atoms. The standard InChI is InChI=1S/C11H16N2O3/c1-16-10(14)6-9-11(15)13-8-5-3-2-4-7(8)12-9/h6-8,12H,2-5H2,1H3,(H,13,15)/b9-6-/t7-,8-/m1/s1. The smallest absolute Gasteiger partial charge is 0.332 e. The minimum Gasteiger partial charge on any atom is -0.466 e. The number of ether oxygens (including phenoxy) is 1. The van der Waals surface area contributed by atoms with Gasteiger partial charge >= 0.3 is 5.97 Å². The molecule has 1 heterocycles. The molecule has 0 aromatic heterocycles. The van der Waals surface area contributed by atoms with Gasteiger partial charge < -0.3 is 15.4 Å². The Bertz CT molecular complexity index is 338. The molecule has 1 aliphatic carbocycles. The molecule has 0 spiro atoms. The third-order valence-electron chi connectivity index (χ3n) is 3.13. The van der Waals surface area contributed by atoms with Gasteiger partial charge in [-0.2, -0.15) is 0 Å². The van der Waals surface area contributed by atoms with Crippen LogP contribution in [0.5, 0.6) is 0 Å². The van der Waals surface area contributed by atoms with Gasteiger partial charge in [0.25, 0.3) is 5.91 Å². The number of fused-ring (bicyclic) bond motifs is 1. The highest BCUT2D eigenvalue weighted by Gasteiger charge is 2.33. The van der Waals surface area contributed by atoms with Crippen molar-refractivity contribution in [2.75, 3.05) is 7.11 Å². The van der Waals surface area contributed by atoms with Crippen LogP contribution in [0, 0.1) is 0 Å². The highest BCUT2D eigenvalue weighted by atomic mass is 16.5. The molecule has 88 valence electrons. The number of carbonyl (C=O) groups excluding carboxylic acids is 2. The van der Waals surface area contributed by atoms with Gasteiger partial charge in [-0.15, -0.1) is 0 Å². The molecular formula is C11H16N2O3. The van der Waals surface area contributed by atoms with Crippen molar-refractivity contribution < 1.29 is 14.3 Å². The Morgan fingerprint density at radius 2 is 1.94 bits per heavy atom. The SMILES string of the molecule is COC(=O)/C=C1\N[C@@H]2CCCC[C@H]2NC1=O. The topological polar surface area (TPSA) is 67.4 Å². The minimum absolute atomic E-state index is 0.205. The molecule has 2 N–H and O–H groups in total. The lowest BCUT2D eigenvalue weighted by molar-refractivity contribution is -0.135. The number of carbonyl (C=O) groups is 2. The molecule has 2 fully saturated rings. The van der Waals surface area contributed by atoms with Crippen LogP contribution in [0.3, 0.4) is 0 Å². The summed E-state index contributed by atoms with van der Waals surface area (Å²) in [7, 11) is 1.30. The summed E-state index contributed by atoms with van der Waals surface area (Å²) in [6.45, 7) is 0. The van der Waals surface area contributed by atoms with E-state index < -0.39 is 5.97 Å². The molecule has 5 nitrogen and oxygen atoms in total. The number of amides is 1. The number of esters is 1. The lowest BCUT2D eigenvalue weighted by atomic mass is 9.88. The van der Waals surface area contributed by atoms with E-state index in [0.29, 0.717) is 5.70 Å². The first-order valence-corrected chi connectivity index (χ1v) is 5.58. The number of piperazine rings is 1. The Kier molecular flexibility index (Phi) is 3.12. The second kappa shape index (κ2) is 4.55. The van der Waals surface area contributed by atoms with Crippen LogP contribution in [0.1, 0.15) is 25.7 Å². The fourth-order valence-electron chi connectivity index (χ4n) is 2.27. The van der Waals surface area contributed by atoms with Crippen molar-refractivity contribution in [1.82, 2.24) is 10.6 Å². The molecule has 1 saturated carbocycles. The van der Waals surface area contributed by atoms with Crippen molar-refractivity contribution in [2.24, 2.45) is 0 Å². The van der Waals surface area contributed by atoms with Gasteiger partial charge in [0.05, 0.1) is 13.2 Å². The zero-order valence-electron chi connectivity index (χ0n) is 9.29. The molecule has 0 radical (unpaired) electrons. The summed E-state index contributed by atoms with van der Waals surface area (Å²) in [5.74, 6) is -0.722. The first kappa shape index (κ1) is 11.0. The third kappa shape index (κ3) is 2.18. The van der Waals surface area contributed by atoms with Crippen molar-refractivity contribution >= 4 is 11.9 Å². The van der Waals surface area contributed by atoms with E-state index in [0.717, 1.165) is 25.7 Å². The van der Waals surface area contributed by atoms with E-state index in [-0.39, 0.29) is 18.0 Å². The van der Waals surface area contributed by atoms with Crippen molar-refractivity contribution in [3.05, 3.63) is 11.8 Å². The fourth-order valence-corrected chi connectivity index (χ4v) is 2.27. The van der Waals surface area contributed by atoms with Gasteiger partial charge in [0.15, 0.2) is 0 Å². The van der Waals surface area contributed by atoms with E-state index in [1.54, 1.807) is 0 Å². The number of hydrogen-bond acceptors (Lipinski definition) is 4. The number of rotatable bonds is 1. The highest BCUT2D eigenvalue weighted by molar-refractivity contribution is 5.99. The van der Waals surface area contributed by atoms with Gasteiger partial charge in [-0.1, -0.05) is 12.8 Å². The first-order valence-electron chi connectivity index (χ1n) is 5.58. The Labute approximate surface area is 94.2 Å². The average molecular weight is 224 g/mol. The molecule has 1 saturated heterocycles. The Morgan fingerprint density at radius 1 is 1.31 bits per heavy atom. The quantitative estimate of drug-likeness (QED) is 0.489. The number of hydrogen-bond donors (Lipinski definition) is 2. The van der Waals surface area contributed by atoms with E-state index in [9.17, 15) is 9.59 Å². The lowest BCUT2D eigenvalue weighted by Crippen LogP contribution is -2.58. The summed E-state index contributed by atoms with van der Waals surface area (Å²) in [5, 5.41) is 6.04. The summed E-state index contributed by atoms with van der Waals surface area (Å²) in [5.41, 5.74) is 0.315. The van der Waals surface area contributed by atoms with Crippen LogP contribution in [0.2, 0.25) is 0 Å². The maximum atomic E-state index is 11.7. The predicted molar refractivity (Wildman–Crippen MR) is 57.4 cm³/mol. The maximum absolute atomic E-state index is 11.7. The number of nitrogens with one attached hydrogen (secondary N) is 2. The summed E-state index contributed by atoms with van der Waals surface area (Å²) in [6, 6.07) is 0.457. The summed E-state index contributed by atoms with van der Waals surface area (Å²) >= 11 is 0. The molecule has 0 bridgehead atoms. The van der Waals surface area contributed by atoms with E-state index >= 15 is 0 Å². The van der Waals surface area contributed by atoms with Crippen molar-refractivity contribution in [2.45, 2.75) is 37.8 Å². The minimum atomic E-state index is -0.507. The van der Waals surface area contributed by atoms with E-state index in [2.05, 4.69) is 15.4 Å². The van der Waals surface area contributed by atoms with Crippen LogP contribution in [0.4, 0.5) is 0 Å². The summed E-state index contributed by atoms with van der Waals surface area (Å²) < 4.78 is 4.50. The average Bonchev–Trinajstić information content (AvgIpc) is 2.30. The normalized spacial score (nSPS) is 31.3. The highest BCUT2D eigenvalue weighted by Crippen LogP contribution is 2.22. The van der Waals surface area contributed by atoms with Crippen LogP contribution >= 0.6 is 0 Å². The van der Waals surface area contributed by atoms with Crippen molar-refractivity contribution in [1.29, 1.82) is 0 Å². The summed E-state index contributed by atoms with van der Waals surface area (Å²) in [4.78, 5) is 22.7. The van der Waals surface area contributed by atoms with Gasteiger partial charge in [-0.05, 0) is 12.8 Å². The molecule has 5 heteroatoms. The van der Waals surface area contributed by atoms with Crippen molar-refractivity contribution in [3.63, 3.8) is 0 Å². The van der Waals surface area contributed by atoms with E-state index in [4.69, 9.17) is 0 Å². The zero-order chi connectivity index (χ0) is 11.5. The molecule has 2 rings (SSSR count). The van der Waals surface area contributed by atoms with E-state index in [1.807, 2.05) is 0 Å². The first-order chi connectivity index (χ1) is 7.70. The molecule has 1 aliphatic heterocycles. The Morgan fingerprint density at radius 3 is 2.56 bits per heavy atom. The molecule has 0 unspecified atom stereocenters. The number of methoxy groups -OCH3 is 1. The second-order valence-corrected chi connectivity index (χ2v) is 4.20. The largest absolute Gasteiger partial charge is 0.466 e. The monoisotopic (exact) mass is 224 g/mol.